The van der Waals surface area contributed by atoms with E-state index in [2.05, 4.69) is 10.1 Å². The van der Waals surface area contributed by atoms with Gasteiger partial charge in [0.05, 0.1) is 5.01 Å². The average molecular weight is 318 g/mol. The molecule has 2 aromatic rings. The number of amides is 1. The Balaban J connectivity index is 1.77. The van der Waals surface area contributed by atoms with Gasteiger partial charge in [-0.2, -0.15) is 5.10 Å². The summed E-state index contributed by atoms with van der Waals surface area (Å²) in [6.45, 7) is 3.38. The van der Waals surface area contributed by atoms with Gasteiger partial charge in [-0.25, -0.2) is 9.67 Å². The van der Waals surface area contributed by atoms with Crippen LogP contribution in [0.25, 0.3) is 0 Å². The Morgan fingerprint density at radius 1 is 1.41 bits per heavy atom. The topological polar surface area (TPSA) is 68.1 Å². The molecule has 0 bridgehead atoms. The van der Waals surface area contributed by atoms with Gasteiger partial charge in [0.15, 0.2) is 0 Å². The second-order valence-electron chi connectivity index (χ2n) is 5.60. The molecule has 0 unspecified atom stereocenters. The summed E-state index contributed by atoms with van der Waals surface area (Å²) < 4.78 is 1.19. The summed E-state index contributed by atoms with van der Waals surface area (Å²) in [5, 5.41) is 7.20. The summed E-state index contributed by atoms with van der Waals surface area (Å²) in [6, 6.07) is 2.88. The fraction of sp³-hybridized carbons (Fsp3) is 0.467. The van der Waals surface area contributed by atoms with Crippen LogP contribution in [-0.2, 0) is 7.05 Å². The van der Waals surface area contributed by atoms with Crippen molar-refractivity contribution >= 4 is 17.2 Å². The lowest BCUT2D eigenvalue weighted by atomic mass is 9.98. The van der Waals surface area contributed by atoms with Gasteiger partial charge in [0.2, 0.25) is 0 Å². The molecule has 3 heterocycles. The van der Waals surface area contributed by atoms with Crippen molar-refractivity contribution in [3.8, 4) is 0 Å². The molecule has 0 saturated carbocycles. The van der Waals surface area contributed by atoms with Crippen LogP contribution in [0.15, 0.2) is 22.3 Å². The van der Waals surface area contributed by atoms with Crippen molar-refractivity contribution in [1.82, 2.24) is 19.7 Å². The number of nitrogens with zero attached hydrogens (tertiary/aromatic N) is 4. The van der Waals surface area contributed by atoms with Gasteiger partial charge < -0.3 is 4.90 Å². The Morgan fingerprint density at radius 3 is 2.91 bits per heavy atom. The maximum atomic E-state index is 12.6. The highest BCUT2D eigenvalue weighted by atomic mass is 32.1. The van der Waals surface area contributed by atoms with E-state index in [1.165, 1.54) is 16.8 Å². The highest BCUT2D eigenvalue weighted by Crippen LogP contribution is 2.29. The molecule has 116 valence electrons. The van der Waals surface area contributed by atoms with Crippen LogP contribution in [0.1, 0.15) is 39.9 Å². The molecule has 7 heteroatoms. The number of likely N-dealkylation sites (tertiary alicyclic amines) is 1. The largest absolute Gasteiger partial charge is 0.337 e. The van der Waals surface area contributed by atoms with Crippen LogP contribution >= 0.6 is 11.3 Å². The van der Waals surface area contributed by atoms with Gasteiger partial charge in [0, 0.05) is 43.2 Å². The Morgan fingerprint density at radius 2 is 2.23 bits per heavy atom. The van der Waals surface area contributed by atoms with Crippen LogP contribution in [0, 0.1) is 6.92 Å². The first-order valence-electron chi connectivity index (χ1n) is 7.30. The molecule has 6 nitrogen and oxygen atoms in total. The summed E-state index contributed by atoms with van der Waals surface area (Å²) in [5.74, 6) is 0.178. The third kappa shape index (κ3) is 2.94. The molecule has 0 radical (unpaired) electrons. The fourth-order valence-electron chi connectivity index (χ4n) is 2.70. The van der Waals surface area contributed by atoms with Gasteiger partial charge in [-0.1, -0.05) is 0 Å². The molecular formula is C15H18N4O2S. The van der Waals surface area contributed by atoms with Crippen molar-refractivity contribution in [2.24, 2.45) is 7.05 Å². The third-order valence-corrected chi connectivity index (χ3v) is 5.00. The minimum absolute atomic E-state index is 0.117. The number of hydrogen-bond acceptors (Lipinski definition) is 5. The molecule has 3 rings (SSSR count). The second kappa shape index (κ2) is 6.00. The molecule has 1 aliphatic rings. The minimum Gasteiger partial charge on any atom is -0.337 e. The van der Waals surface area contributed by atoms with Crippen LogP contribution in [0.3, 0.4) is 0 Å². The minimum atomic E-state index is -0.216. The average Bonchev–Trinajstić information content (AvgIpc) is 2.96. The van der Waals surface area contributed by atoms with Gasteiger partial charge in [0.1, 0.15) is 5.69 Å². The van der Waals surface area contributed by atoms with E-state index in [9.17, 15) is 9.59 Å². The van der Waals surface area contributed by atoms with Crippen LogP contribution in [0.2, 0.25) is 0 Å². The van der Waals surface area contributed by atoms with Crippen molar-refractivity contribution in [1.29, 1.82) is 0 Å². The molecule has 0 spiro atoms. The van der Waals surface area contributed by atoms with E-state index in [4.69, 9.17) is 0 Å². The molecule has 2 aromatic heterocycles. The Bertz CT molecular complexity index is 752. The van der Waals surface area contributed by atoms with Crippen molar-refractivity contribution in [2.45, 2.75) is 25.7 Å². The highest BCUT2D eigenvalue weighted by molar-refractivity contribution is 7.09. The standard InChI is InChI=1S/C15H18N4O2S/c1-10-9-22-14(16-10)11-4-3-7-19(8-11)15(21)12-5-6-13(20)18(2)17-12/h5-6,9,11H,3-4,7-8H2,1-2H3/t11-/m0/s1. The lowest BCUT2D eigenvalue weighted by Crippen LogP contribution is -2.40. The summed E-state index contributed by atoms with van der Waals surface area (Å²) in [7, 11) is 1.55. The van der Waals surface area contributed by atoms with Crippen LogP contribution in [0.4, 0.5) is 0 Å². The molecule has 0 aliphatic carbocycles. The van der Waals surface area contributed by atoms with Crippen molar-refractivity contribution < 1.29 is 4.79 Å². The molecule has 1 fully saturated rings. The zero-order valence-electron chi connectivity index (χ0n) is 12.7. The summed E-state index contributed by atoms with van der Waals surface area (Å²) in [4.78, 5) is 30.3. The SMILES string of the molecule is Cc1csc([C@H]2CCCN(C(=O)c3ccc(=O)n(C)n3)C2)n1. The lowest BCUT2D eigenvalue weighted by molar-refractivity contribution is 0.0698. The number of aromatic nitrogens is 3. The monoisotopic (exact) mass is 318 g/mol. The predicted molar refractivity (Wildman–Crippen MR) is 84.2 cm³/mol. The van der Waals surface area contributed by atoms with Crippen molar-refractivity contribution in [2.75, 3.05) is 13.1 Å². The third-order valence-electron chi connectivity index (χ3n) is 3.87. The first kappa shape index (κ1) is 14.9. The molecule has 22 heavy (non-hydrogen) atoms. The van der Waals surface area contributed by atoms with Gasteiger partial charge in [0.25, 0.3) is 11.5 Å². The summed E-state index contributed by atoms with van der Waals surface area (Å²) in [5.41, 5.74) is 1.13. The maximum absolute atomic E-state index is 12.6. The maximum Gasteiger partial charge on any atom is 0.274 e. The number of thiazole rings is 1. The number of piperidine rings is 1. The van der Waals surface area contributed by atoms with E-state index in [-0.39, 0.29) is 11.5 Å². The Kier molecular flexibility index (Phi) is 4.06. The van der Waals surface area contributed by atoms with Gasteiger partial charge in [-0.3, -0.25) is 9.59 Å². The first-order chi connectivity index (χ1) is 10.5. The van der Waals surface area contributed by atoms with Crippen LogP contribution < -0.4 is 5.56 Å². The molecule has 0 aromatic carbocycles. The molecule has 1 amide bonds. The molecule has 0 N–H and O–H groups in total. The van der Waals surface area contributed by atoms with Crippen LogP contribution in [-0.4, -0.2) is 38.7 Å². The van der Waals surface area contributed by atoms with Crippen LogP contribution in [0.5, 0.6) is 0 Å². The molecule has 1 saturated heterocycles. The quantitative estimate of drug-likeness (QED) is 0.843. The zero-order chi connectivity index (χ0) is 15.7. The van der Waals surface area contributed by atoms with Gasteiger partial charge in [-0.05, 0) is 25.8 Å². The van der Waals surface area contributed by atoms with Crippen molar-refractivity contribution in [3.63, 3.8) is 0 Å². The van der Waals surface area contributed by atoms with Crippen molar-refractivity contribution in [3.05, 3.63) is 44.3 Å². The van der Waals surface area contributed by atoms with Gasteiger partial charge >= 0.3 is 0 Å². The number of aryl methyl sites for hydroxylation is 2. The fourth-order valence-corrected chi connectivity index (χ4v) is 3.63. The summed E-state index contributed by atoms with van der Waals surface area (Å²) in [6.07, 6.45) is 2.01. The van der Waals surface area contributed by atoms with Gasteiger partial charge in [-0.15, -0.1) is 11.3 Å². The normalized spacial score (nSPS) is 18.5. The number of hydrogen-bond donors (Lipinski definition) is 0. The van der Waals surface area contributed by atoms with E-state index >= 15 is 0 Å². The smallest absolute Gasteiger partial charge is 0.274 e. The van der Waals surface area contributed by atoms with E-state index in [0.717, 1.165) is 30.1 Å². The number of carbonyl (C=O) groups excluding carboxylic acids is 1. The van der Waals surface area contributed by atoms with E-state index in [1.54, 1.807) is 18.4 Å². The Hall–Kier alpha value is -2.02. The molecule has 1 atom stereocenters. The van der Waals surface area contributed by atoms with E-state index in [1.807, 2.05) is 17.2 Å². The Labute approximate surface area is 132 Å². The number of rotatable bonds is 2. The number of carbonyl (C=O) groups is 1. The van der Waals surface area contributed by atoms with E-state index in [0.29, 0.717) is 18.2 Å². The predicted octanol–water partition coefficient (Wildman–Crippen LogP) is 1.57. The molecular weight excluding hydrogens is 300 g/mol. The first-order valence-corrected chi connectivity index (χ1v) is 8.18. The van der Waals surface area contributed by atoms with E-state index < -0.39 is 0 Å². The summed E-state index contributed by atoms with van der Waals surface area (Å²) >= 11 is 1.66. The zero-order valence-corrected chi connectivity index (χ0v) is 13.5. The lowest BCUT2D eigenvalue weighted by Gasteiger charge is -2.31. The molecule has 1 aliphatic heterocycles. The second-order valence-corrected chi connectivity index (χ2v) is 6.49. The highest BCUT2D eigenvalue weighted by Gasteiger charge is 2.27.